The van der Waals surface area contributed by atoms with E-state index in [1.54, 1.807) is 60.7 Å². The summed E-state index contributed by atoms with van der Waals surface area (Å²) >= 11 is 0. The van der Waals surface area contributed by atoms with Gasteiger partial charge in [0.1, 0.15) is 5.75 Å². The molecule has 0 bridgehead atoms. The van der Waals surface area contributed by atoms with Gasteiger partial charge in [-0.15, -0.1) is 0 Å². The summed E-state index contributed by atoms with van der Waals surface area (Å²) in [6.45, 7) is 2.51. The third-order valence-corrected chi connectivity index (χ3v) is 3.86. The monoisotopic (exact) mass is 360 g/mol. The van der Waals surface area contributed by atoms with Crippen molar-refractivity contribution in [3.8, 4) is 5.75 Å². The van der Waals surface area contributed by atoms with Crippen LogP contribution in [0.2, 0.25) is 0 Å². The van der Waals surface area contributed by atoms with Gasteiger partial charge in [0.2, 0.25) is 0 Å². The van der Waals surface area contributed by atoms with E-state index in [0.29, 0.717) is 29.1 Å². The first kappa shape index (κ1) is 18.2. The van der Waals surface area contributed by atoms with Crippen molar-refractivity contribution >= 4 is 23.2 Å². The number of amides is 2. The molecular formula is C22H20N2O3. The molecule has 0 fully saturated rings. The average Bonchev–Trinajstić information content (AvgIpc) is 2.70. The number of benzene rings is 3. The molecule has 2 amide bonds. The molecule has 0 heterocycles. The fourth-order valence-corrected chi connectivity index (χ4v) is 2.56. The van der Waals surface area contributed by atoms with Crippen LogP contribution in [0.1, 0.15) is 22.8 Å². The van der Waals surface area contributed by atoms with Crippen LogP contribution in [0, 0.1) is 0 Å². The number of ether oxygens (including phenoxy) is 1. The van der Waals surface area contributed by atoms with Gasteiger partial charge in [-0.3, -0.25) is 4.79 Å². The highest BCUT2D eigenvalue weighted by Gasteiger charge is 2.09. The van der Waals surface area contributed by atoms with Crippen LogP contribution in [-0.2, 0) is 0 Å². The average molecular weight is 360 g/mol. The first-order valence-electron chi connectivity index (χ1n) is 8.66. The van der Waals surface area contributed by atoms with Crippen molar-refractivity contribution in [1.82, 2.24) is 0 Å². The van der Waals surface area contributed by atoms with Crippen LogP contribution < -0.4 is 15.4 Å². The third-order valence-electron chi connectivity index (χ3n) is 3.86. The molecule has 0 unspecified atom stereocenters. The summed E-state index contributed by atoms with van der Waals surface area (Å²) in [7, 11) is 0. The van der Waals surface area contributed by atoms with Crippen molar-refractivity contribution in [3.05, 3.63) is 90.0 Å². The molecule has 2 N–H and O–H groups in total. The molecule has 0 aliphatic rings. The number of nitrogens with one attached hydrogen (secondary N) is 2. The van der Waals surface area contributed by atoms with Gasteiger partial charge in [0.05, 0.1) is 6.61 Å². The van der Waals surface area contributed by atoms with E-state index in [4.69, 9.17) is 4.74 Å². The Labute approximate surface area is 158 Å². The van der Waals surface area contributed by atoms with Gasteiger partial charge >= 0.3 is 6.03 Å². The highest BCUT2D eigenvalue weighted by atomic mass is 16.5. The lowest BCUT2D eigenvalue weighted by atomic mass is 10.0. The van der Waals surface area contributed by atoms with Crippen LogP contribution in [0.25, 0.3) is 0 Å². The van der Waals surface area contributed by atoms with Crippen molar-refractivity contribution in [2.24, 2.45) is 0 Å². The number of carbonyl (C=O) groups excluding carboxylic acids is 2. The van der Waals surface area contributed by atoms with Gasteiger partial charge in [0.25, 0.3) is 0 Å². The summed E-state index contributed by atoms with van der Waals surface area (Å²) in [5.41, 5.74) is 2.46. The molecule has 0 aromatic heterocycles. The Morgan fingerprint density at radius 1 is 0.741 bits per heavy atom. The van der Waals surface area contributed by atoms with Crippen molar-refractivity contribution in [2.75, 3.05) is 17.2 Å². The van der Waals surface area contributed by atoms with Gasteiger partial charge in [0.15, 0.2) is 5.78 Å². The Morgan fingerprint density at radius 3 is 1.81 bits per heavy atom. The Hall–Kier alpha value is -3.60. The standard InChI is InChI=1S/C22H20N2O3/c1-2-27-20-14-12-19(13-15-20)24-22(26)23-18-10-8-17(9-11-18)21(25)16-6-4-3-5-7-16/h3-15H,2H2,1H3,(H2,23,24,26). The van der Waals surface area contributed by atoms with Gasteiger partial charge in [-0.05, 0) is 55.5 Å². The molecule has 0 saturated carbocycles. The minimum Gasteiger partial charge on any atom is -0.494 e. The minimum absolute atomic E-state index is 0.0546. The smallest absolute Gasteiger partial charge is 0.323 e. The van der Waals surface area contributed by atoms with Crippen LogP contribution >= 0.6 is 0 Å². The molecule has 0 radical (unpaired) electrons. The number of carbonyl (C=O) groups is 2. The maximum atomic E-state index is 12.4. The van der Waals surface area contributed by atoms with Crippen LogP contribution in [0.5, 0.6) is 5.75 Å². The second-order valence-corrected chi connectivity index (χ2v) is 5.81. The molecule has 0 spiro atoms. The van der Waals surface area contributed by atoms with Crippen molar-refractivity contribution in [3.63, 3.8) is 0 Å². The maximum absolute atomic E-state index is 12.4. The van der Waals surface area contributed by atoms with E-state index in [1.165, 1.54) is 0 Å². The highest BCUT2D eigenvalue weighted by molar-refractivity contribution is 6.09. The van der Waals surface area contributed by atoms with Gasteiger partial charge in [-0.25, -0.2) is 4.79 Å². The zero-order valence-electron chi connectivity index (χ0n) is 14.9. The summed E-state index contributed by atoms with van der Waals surface area (Å²) in [6.07, 6.45) is 0. The van der Waals surface area contributed by atoms with Crippen molar-refractivity contribution in [2.45, 2.75) is 6.92 Å². The quantitative estimate of drug-likeness (QED) is 0.611. The van der Waals surface area contributed by atoms with Gasteiger partial charge in [-0.2, -0.15) is 0 Å². The van der Waals surface area contributed by atoms with Gasteiger partial charge in [0, 0.05) is 22.5 Å². The Kier molecular flexibility index (Phi) is 5.84. The molecule has 27 heavy (non-hydrogen) atoms. The molecule has 5 nitrogen and oxygen atoms in total. The number of urea groups is 1. The normalized spacial score (nSPS) is 10.1. The predicted octanol–water partition coefficient (Wildman–Crippen LogP) is 4.96. The first-order valence-corrected chi connectivity index (χ1v) is 8.66. The Morgan fingerprint density at radius 2 is 1.26 bits per heavy atom. The summed E-state index contributed by atoms with van der Waals surface area (Å²) in [5, 5.41) is 5.49. The summed E-state index contributed by atoms with van der Waals surface area (Å²) in [4.78, 5) is 24.5. The van der Waals surface area contributed by atoms with E-state index in [9.17, 15) is 9.59 Å². The van der Waals surface area contributed by atoms with E-state index in [-0.39, 0.29) is 11.8 Å². The lowest BCUT2D eigenvalue weighted by molar-refractivity contribution is 0.103. The largest absolute Gasteiger partial charge is 0.494 e. The van der Waals surface area contributed by atoms with E-state index in [1.807, 2.05) is 25.1 Å². The predicted molar refractivity (Wildman–Crippen MR) is 107 cm³/mol. The maximum Gasteiger partial charge on any atom is 0.323 e. The molecule has 5 heteroatoms. The van der Waals surface area contributed by atoms with Gasteiger partial charge < -0.3 is 15.4 Å². The van der Waals surface area contributed by atoms with E-state index >= 15 is 0 Å². The van der Waals surface area contributed by atoms with Crippen LogP contribution in [0.15, 0.2) is 78.9 Å². The molecule has 0 saturated heterocycles. The second-order valence-electron chi connectivity index (χ2n) is 5.81. The molecule has 3 aromatic carbocycles. The molecule has 0 aliphatic carbocycles. The van der Waals surface area contributed by atoms with Crippen LogP contribution in [0.4, 0.5) is 16.2 Å². The molecule has 136 valence electrons. The Balaban J connectivity index is 1.59. The number of anilines is 2. The van der Waals surface area contributed by atoms with E-state index < -0.39 is 0 Å². The third kappa shape index (κ3) is 4.95. The number of ketones is 1. The van der Waals surface area contributed by atoms with Crippen molar-refractivity contribution < 1.29 is 14.3 Å². The molecule has 3 aromatic rings. The summed E-state index contributed by atoms with van der Waals surface area (Å²) in [5.74, 6) is 0.697. The topological polar surface area (TPSA) is 67.4 Å². The fourth-order valence-electron chi connectivity index (χ4n) is 2.56. The lowest BCUT2D eigenvalue weighted by Gasteiger charge is -2.09. The van der Waals surface area contributed by atoms with Gasteiger partial charge in [-0.1, -0.05) is 30.3 Å². The number of rotatable bonds is 6. The van der Waals surface area contributed by atoms with Crippen LogP contribution in [0.3, 0.4) is 0 Å². The van der Waals surface area contributed by atoms with E-state index in [0.717, 1.165) is 5.75 Å². The number of hydrogen-bond donors (Lipinski definition) is 2. The zero-order chi connectivity index (χ0) is 19.1. The van der Waals surface area contributed by atoms with Crippen molar-refractivity contribution in [1.29, 1.82) is 0 Å². The van der Waals surface area contributed by atoms with E-state index in [2.05, 4.69) is 10.6 Å². The second kappa shape index (κ2) is 8.67. The number of hydrogen-bond acceptors (Lipinski definition) is 3. The minimum atomic E-state index is -0.360. The SMILES string of the molecule is CCOc1ccc(NC(=O)Nc2ccc(C(=O)c3ccccc3)cc2)cc1. The summed E-state index contributed by atoms with van der Waals surface area (Å²) < 4.78 is 5.37. The lowest BCUT2D eigenvalue weighted by Crippen LogP contribution is -2.19. The molecular weight excluding hydrogens is 340 g/mol. The zero-order valence-corrected chi connectivity index (χ0v) is 14.9. The first-order chi connectivity index (χ1) is 13.2. The fraction of sp³-hybridized carbons (Fsp3) is 0.0909. The Bertz CT molecular complexity index is 905. The highest BCUT2D eigenvalue weighted by Crippen LogP contribution is 2.17. The molecule has 0 aliphatic heterocycles. The molecule has 3 rings (SSSR count). The van der Waals surface area contributed by atoms with Crippen LogP contribution in [-0.4, -0.2) is 18.4 Å². The molecule has 0 atom stereocenters. The summed E-state index contributed by atoms with van der Waals surface area (Å²) in [6, 6.07) is 22.6.